The predicted molar refractivity (Wildman–Crippen MR) is 131 cm³/mol. The van der Waals surface area contributed by atoms with Crippen LogP contribution in [0.2, 0.25) is 0 Å². The lowest BCUT2D eigenvalue weighted by Crippen LogP contribution is -2.53. The number of aromatic amines is 1. The van der Waals surface area contributed by atoms with Gasteiger partial charge in [0.2, 0.25) is 11.8 Å². The second-order valence-electron chi connectivity index (χ2n) is 9.61. The van der Waals surface area contributed by atoms with Gasteiger partial charge in [-0.1, -0.05) is 0 Å². The Morgan fingerprint density at radius 3 is 2.82 bits per heavy atom. The zero-order valence-corrected chi connectivity index (χ0v) is 19.9. The molecule has 1 aliphatic carbocycles. The Morgan fingerprint density at radius 1 is 1.27 bits per heavy atom. The summed E-state index contributed by atoms with van der Waals surface area (Å²) < 4.78 is 27.1. The number of aryl methyl sites for hydroxylation is 1. The Labute approximate surface area is 197 Å². The molecule has 2 aromatic rings. The molecule has 3 N–H and O–H groups in total. The number of fused-ring (bicyclic) bond motifs is 1. The summed E-state index contributed by atoms with van der Waals surface area (Å²) in [5.74, 6) is -1.55. The van der Waals surface area contributed by atoms with Crippen LogP contribution in [-0.2, 0) is 4.79 Å². The molecule has 1 saturated heterocycles. The second kappa shape index (κ2) is 8.91. The molecule has 1 amide bonds. The summed E-state index contributed by atoms with van der Waals surface area (Å²) in [7, 11) is 0. The average Bonchev–Trinajstić information content (AvgIpc) is 3.42. The minimum absolute atomic E-state index is 0.0543. The van der Waals surface area contributed by atoms with E-state index < -0.39 is 5.92 Å². The molecule has 9 heteroatoms. The first-order valence-electron chi connectivity index (χ1n) is 11.8. The molecule has 178 valence electrons. The van der Waals surface area contributed by atoms with Crippen molar-refractivity contribution in [2.45, 2.75) is 63.6 Å². The van der Waals surface area contributed by atoms with Gasteiger partial charge in [0, 0.05) is 49.2 Å². The first-order chi connectivity index (χ1) is 15.8. The molecule has 6 nitrogen and oxygen atoms in total. The third kappa shape index (κ3) is 4.89. The Hall–Kier alpha value is -2.13. The Morgan fingerprint density at radius 2 is 2.06 bits per heavy atom. The van der Waals surface area contributed by atoms with Crippen LogP contribution in [0.25, 0.3) is 10.9 Å². The van der Waals surface area contributed by atoms with Crippen LogP contribution in [0.3, 0.4) is 0 Å². The van der Waals surface area contributed by atoms with Crippen molar-refractivity contribution in [3.8, 4) is 0 Å². The van der Waals surface area contributed by atoms with E-state index in [1.54, 1.807) is 11.8 Å². The minimum atomic E-state index is -2.52. The van der Waals surface area contributed by atoms with E-state index in [9.17, 15) is 13.6 Å². The van der Waals surface area contributed by atoms with Gasteiger partial charge in [0.05, 0.1) is 29.5 Å². The number of carbonyl (C=O) groups excluding carboxylic acids is 1. The van der Waals surface area contributed by atoms with Gasteiger partial charge in [0.25, 0.3) is 0 Å². The lowest BCUT2D eigenvalue weighted by atomic mass is 9.92. The molecule has 0 radical (unpaired) electrons. The zero-order valence-electron chi connectivity index (χ0n) is 19.1. The molecular formula is C24H31F2N5OS. The van der Waals surface area contributed by atoms with Crippen LogP contribution in [0.5, 0.6) is 0 Å². The van der Waals surface area contributed by atoms with E-state index in [2.05, 4.69) is 52.6 Å². The Bertz CT molecular complexity index is 1070. The van der Waals surface area contributed by atoms with Crippen LogP contribution >= 0.6 is 11.8 Å². The summed E-state index contributed by atoms with van der Waals surface area (Å²) >= 11 is 1.75. The highest BCUT2D eigenvalue weighted by Crippen LogP contribution is 2.36. The molecule has 33 heavy (non-hydrogen) atoms. The fourth-order valence-corrected chi connectivity index (χ4v) is 6.22. The van der Waals surface area contributed by atoms with Crippen molar-refractivity contribution in [1.82, 2.24) is 15.2 Å². The first kappa shape index (κ1) is 22.7. The number of hydrogen-bond donors (Lipinski definition) is 3. The van der Waals surface area contributed by atoms with Crippen molar-refractivity contribution in [2.24, 2.45) is 4.99 Å². The molecule has 1 aromatic carbocycles. The molecule has 0 bridgehead atoms. The van der Waals surface area contributed by atoms with Crippen molar-refractivity contribution in [3.63, 3.8) is 0 Å². The van der Waals surface area contributed by atoms with Crippen molar-refractivity contribution in [1.29, 1.82) is 0 Å². The molecule has 5 rings (SSSR count). The van der Waals surface area contributed by atoms with E-state index in [1.165, 1.54) is 0 Å². The van der Waals surface area contributed by atoms with E-state index >= 15 is 0 Å². The van der Waals surface area contributed by atoms with Gasteiger partial charge in [0.1, 0.15) is 5.04 Å². The smallest absolute Gasteiger partial charge is 0.248 e. The molecule has 2 unspecified atom stereocenters. The number of hydrogen-bond acceptors (Lipinski definition) is 5. The van der Waals surface area contributed by atoms with Crippen LogP contribution < -0.4 is 10.6 Å². The fourth-order valence-electron chi connectivity index (χ4n) is 5.06. The molecular weight excluding hydrogens is 444 g/mol. The van der Waals surface area contributed by atoms with E-state index in [1.807, 2.05) is 0 Å². The van der Waals surface area contributed by atoms with Crippen molar-refractivity contribution >= 4 is 39.3 Å². The quantitative estimate of drug-likeness (QED) is 0.608. The molecule has 1 saturated carbocycles. The van der Waals surface area contributed by atoms with Crippen LogP contribution in [0.4, 0.5) is 14.5 Å². The number of piperazine rings is 1. The number of aromatic nitrogens is 1. The van der Waals surface area contributed by atoms with Crippen molar-refractivity contribution in [3.05, 3.63) is 29.5 Å². The summed E-state index contributed by atoms with van der Waals surface area (Å²) in [4.78, 5) is 22.5. The largest absolute Gasteiger partial charge is 0.381 e. The standard InChI is InChI=1S/C24H31F2N5OS/c1-14-9-16-11-19(23-30-20(13-33-23)15(2)31-8-7-27-21(32)12-31)29-22(16)18(10-14)28-17-3-5-24(25,26)6-4-17/h9-11,15,17,20,28-29H,3-8,12-13H2,1-2H3,(H,27,32). The predicted octanol–water partition coefficient (Wildman–Crippen LogP) is 4.15. The summed E-state index contributed by atoms with van der Waals surface area (Å²) in [6.45, 7) is 6.18. The summed E-state index contributed by atoms with van der Waals surface area (Å²) in [5, 5.41) is 8.49. The van der Waals surface area contributed by atoms with Crippen LogP contribution in [0.1, 0.15) is 43.9 Å². The first-order valence-corrected chi connectivity index (χ1v) is 12.8. The van der Waals surface area contributed by atoms with E-state index in [-0.39, 0.29) is 36.9 Å². The minimum Gasteiger partial charge on any atom is -0.381 e. The van der Waals surface area contributed by atoms with Gasteiger partial charge in [-0.2, -0.15) is 0 Å². The maximum absolute atomic E-state index is 13.6. The highest BCUT2D eigenvalue weighted by Gasteiger charge is 2.35. The number of rotatable bonds is 5. The summed E-state index contributed by atoms with van der Waals surface area (Å²) in [5.41, 5.74) is 4.09. The van der Waals surface area contributed by atoms with Gasteiger partial charge < -0.3 is 15.6 Å². The molecule has 2 fully saturated rings. The molecule has 3 aliphatic rings. The normalized spacial score (nSPS) is 25.2. The molecule has 1 aromatic heterocycles. The van der Waals surface area contributed by atoms with E-state index in [0.29, 0.717) is 25.9 Å². The van der Waals surface area contributed by atoms with Crippen molar-refractivity contribution < 1.29 is 13.6 Å². The van der Waals surface area contributed by atoms with Gasteiger partial charge in [-0.05, 0) is 50.5 Å². The van der Waals surface area contributed by atoms with E-state index in [0.717, 1.165) is 45.2 Å². The number of alkyl halides is 2. The molecule has 2 aliphatic heterocycles. The van der Waals surface area contributed by atoms with Crippen molar-refractivity contribution in [2.75, 3.05) is 30.7 Å². The fraction of sp³-hybridized carbons (Fsp3) is 0.583. The summed E-state index contributed by atoms with van der Waals surface area (Å²) in [6, 6.07) is 6.77. The number of carbonyl (C=O) groups is 1. The second-order valence-corrected chi connectivity index (χ2v) is 10.6. The van der Waals surface area contributed by atoms with Gasteiger partial charge in [-0.3, -0.25) is 14.7 Å². The maximum Gasteiger partial charge on any atom is 0.248 e. The number of thioether (sulfide) groups is 1. The Balaban J connectivity index is 1.34. The molecule has 2 atom stereocenters. The number of aliphatic imine (C=N–C) groups is 1. The highest BCUT2D eigenvalue weighted by molar-refractivity contribution is 8.14. The van der Waals surface area contributed by atoms with Gasteiger partial charge in [-0.15, -0.1) is 11.8 Å². The average molecular weight is 476 g/mol. The number of amides is 1. The van der Waals surface area contributed by atoms with Crippen LogP contribution in [-0.4, -0.2) is 70.3 Å². The topological polar surface area (TPSA) is 72.5 Å². The number of anilines is 1. The highest BCUT2D eigenvalue weighted by atomic mass is 32.2. The zero-order chi connectivity index (χ0) is 23.2. The molecule has 0 spiro atoms. The number of benzene rings is 1. The summed E-state index contributed by atoms with van der Waals surface area (Å²) in [6.07, 6.45) is 0.849. The number of halogens is 2. The van der Waals surface area contributed by atoms with Gasteiger partial charge in [0.15, 0.2) is 0 Å². The lowest BCUT2D eigenvalue weighted by molar-refractivity contribution is -0.124. The van der Waals surface area contributed by atoms with Crippen LogP contribution in [0.15, 0.2) is 23.2 Å². The monoisotopic (exact) mass is 475 g/mol. The molecule has 3 heterocycles. The van der Waals surface area contributed by atoms with Crippen LogP contribution in [0, 0.1) is 6.92 Å². The Kier molecular flexibility index (Phi) is 6.11. The van der Waals surface area contributed by atoms with E-state index in [4.69, 9.17) is 4.99 Å². The maximum atomic E-state index is 13.6. The number of nitrogens with one attached hydrogen (secondary N) is 3. The lowest BCUT2D eigenvalue weighted by Gasteiger charge is -2.33. The third-order valence-corrected chi connectivity index (χ3v) is 8.16. The number of H-pyrrole nitrogens is 1. The third-order valence-electron chi connectivity index (χ3n) is 7.05. The SMILES string of the molecule is Cc1cc(NC2CCC(F)(F)CC2)c2[nH]c(C3=NC(C(C)N4CCNC(=O)C4)CS3)cc2c1. The van der Waals surface area contributed by atoms with Gasteiger partial charge in [-0.25, -0.2) is 8.78 Å². The van der Waals surface area contributed by atoms with Gasteiger partial charge >= 0.3 is 0 Å². The number of nitrogens with zero attached hydrogens (tertiary/aromatic N) is 2.